The number of nitrogens with zero attached hydrogens (tertiary/aromatic N) is 2. The van der Waals surface area contributed by atoms with Crippen LogP contribution >= 0.6 is 23.2 Å². The minimum Gasteiger partial charge on any atom is -0.618 e. The van der Waals surface area contributed by atoms with E-state index < -0.39 is 40.7 Å². The molecule has 3 aromatic rings. The first kappa shape index (κ1) is 32.8. The largest absolute Gasteiger partial charge is 0.618 e. The van der Waals surface area contributed by atoms with E-state index in [0.717, 1.165) is 25.1 Å². The van der Waals surface area contributed by atoms with Crippen molar-refractivity contribution in [1.82, 2.24) is 15.1 Å². The van der Waals surface area contributed by atoms with Gasteiger partial charge in [0.1, 0.15) is 0 Å². The number of halogens is 3. The smallest absolute Gasteiger partial charge is 0.255 e. The summed E-state index contributed by atoms with van der Waals surface area (Å²) >= 11 is 12.9. The second-order valence-corrected chi connectivity index (χ2v) is 12.3. The van der Waals surface area contributed by atoms with Gasteiger partial charge in [-0.3, -0.25) is 14.4 Å². The number of nitrogens with one attached hydrogen (secondary N) is 2. The standard InChI is InChI=1S/C29H29Cl2FN4O5S.H2O/c1-42(40)34-24-8-4-5-9-25(24)36-27(22-13-10-17(30)14-23(22)31)26(20-6-2-3-7-21(20)29(36)38)28(37)33-41-16-19-12-11-18(32)15-35(19)39;/h2-3,6-7,10-15,24-27,34H,4-5,8-9,16H2,1H3,(H,33,37);1H2/t24-,25-,26+,27-,42?;/m0./s1. The summed E-state index contributed by atoms with van der Waals surface area (Å²) in [5.74, 6) is -2.52. The van der Waals surface area contributed by atoms with Gasteiger partial charge >= 0.3 is 0 Å². The van der Waals surface area contributed by atoms with E-state index in [1.54, 1.807) is 53.6 Å². The molecule has 2 aliphatic rings. The SMILES string of the molecule is CS(=O)N[C@H]1CCCC[C@@H]1N1C(=O)c2ccccc2[C@@H](C(=O)NOCc2ccc(F)c[n+]2[O-])[C@@H]1c1ccc(Cl)cc1Cl.O. The van der Waals surface area contributed by atoms with Crippen molar-refractivity contribution in [2.24, 2.45) is 0 Å². The molecule has 10 nitrogen and oxygen atoms in total. The van der Waals surface area contributed by atoms with Gasteiger partial charge < -0.3 is 15.6 Å². The summed E-state index contributed by atoms with van der Waals surface area (Å²) in [6.45, 7) is -0.324. The molecule has 5 atom stereocenters. The van der Waals surface area contributed by atoms with Crippen LogP contribution < -0.4 is 14.9 Å². The van der Waals surface area contributed by atoms with Crippen LogP contribution in [0.5, 0.6) is 0 Å². The first-order valence-electron chi connectivity index (χ1n) is 13.4. The van der Waals surface area contributed by atoms with Gasteiger partial charge in [0.15, 0.2) is 12.4 Å². The van der Waals surface area contributed by atoms with Crippen LogP contribution in [0.15, 0.2) is 60.8 Å². The number of carbonyl (C=O) groups is 2. The van der Waals surface area contributed by atoms with Crippen molar-refractivity contribution >= 4 is 46.0 Å². The molecule has 0 bridgehead atoms. The average molecular weight is 654 g/mol. The maximum atomic E-state index is 14.3. The van der Waals surface area contributed by atoms with Gasteiger partial charge in [0.25, 0.3) is 11.8 Å². The number of fused-ring (bicyclic) bond motifs is 1. The highest BCUT2D eigenvalue weighted by atomic mass is 35.5. The van der Waals surface area contributed by atoms with Crippen LogP contribution in [0.1, 0.15) is 64.8 Å². The molecule has 2 amide bonds. The zero-order chi connectivity index (χ0) is 30.0. The molecule has 14 heteroatoms. The van der Waals surface area contributed by atoms with Crippen molar-refractivity contribution in [2.45, 2.75) is 56.3 Å². The Morgan fingerprint density at radius 3 is 2.60 bits per heavy atom. The van der Waals surface area contributed by atoms with Gasteiger partial charge in [0.05, 0.1) is 22.9 Å². The van der Waals surface area contributed by atoms with Crippen molar-refractivity contribution in [1.29, 1.82) is 0 Å². The monoisotopic (exact) mass is 652 g/mol. The highest BCUT2D eigenvalue weighted by molar-refractivity contribution is 7.82. The molecule has 5 rings (SSSR count). The normalized spacial score (nSPS) is 22.3. The van der Waals surface area contributed by atoms with Crippen molar-refractivity contribution in [3.05, 3.63) is 104 Å². The van der Waals surface area contributed by atoms with Crippen molar-refractivity contribution in [3.8, 4) is 0 Å². The van der Waals surface area contributed by atoms with E-state index in [1.807, 2.05) is 0 Å². The van der Waals surface area contributed by atoms with Crippen molar-refractivity contribution < 1.29 is 33.2 Å². The Morgan fingerprint density at radius 2 is 1.88 bits per heavy atom. The van der Waals surface area contributed by atoms with Crippen LogP contribution in [0.2, 0.25) is 10.0 Å². The number of hydrogen-bond donors (Lipinski definition) is 2. The van der Waals surface area contributed by atoms with Gasteiger partial charge in [-0.2, -0.15) is 4.73 Å². The number of benzene rings is 2. The lowest BCUT2D eigenvalue weighted by Gasteiger charge is -2.49. The number of rotatable bonds is 8. The van der Waals surface area contributed by atoms with Gasteiger partial charge in [-0.1, -0.05) is 60.3 Å². The van der Waals surface area contributed by atoms with Gasteiger partial charge in [-0.25, -0.2) is 18.8 Å². The predicted molar refractivity (Wildman–Crippen MR) is 160 cm³/mol. The molecule has 0 spiro atoms. The molecule has 1 fully saturated rings. The molecule has 0 saturated heterocycles. The summed E-state index contributed by atoms with van der Waals surface area (Å²) in [7, 11) is -1.33. The Hall–Kier alpha value is -3.13. The fraction of sp³-hybridized carbons (Fsp3) is 0.345. The van der Waals surface area contributed by atoms with E-state index in [2.05, 4.69) is 10.2 Å². The first-order valence-corrected chi connectivity index (χ1v) is 15.7. The molecule has 1 aliphatic carbocycles. The quantitative estimate of drug-likeness (QED) is 0.217. The summed E-state index contributed by atoms with van der Waals surface area (Å²) in [5.41, 5.74) is 3.88. The molecule has 2 aromatic carbocycles. The van der Waals surface area contributed by atoms with Crippen LogP contribution in [0.4, 0.5) is 4.39 Å². The number of carbonyl (C=O) groups excluding carboxylic acids is 2. The molecule has 4 N–H and O–H groups in total. The van der Waals surface area contributed by atoms with E-state index in [9.17, 15) is 23.4 Å². The Morgan fingerprint density at radius 1 is 1.14 bits per heavy atom. The fourth-order valence-electron chi connectivity index (χ4n) is 5.91. The van der Waals surface area contributed by atoms with Crippen LogP contribution in [0.3, 0.4) is 0 Å². The van der Waals surface area contributed by atoms with Crippen molar-refractivity contribution in [2.75, 3.05) is 6.26 Å². The topological polar surface area (TPSA) is 146 Å². The molecule has 1 aromatic heterocycles. The lowest BCUT2D eigenvalue weighted by Crippen LogP contribution is -2.58. The highest BCUT2D eigenvalue weighted by Crippen LogP contribution is 2.47. The lowest BCUT2D eigenvalue weighted by atomic mass is 9.76. The van der Waals surface area contributed by atoms with Gasteiger partial charge in [-0.15, -0.1) is 0 Å². The second kappa shape index (κ2) is 14.1. The predicted octanol–water partition coefficient (Wildman–Crippen LogP) is 3.66. The molecule has 0 radical (unpaired) electrons. The third-order valence-corrected chi connectivity index (χ3v) is 8.89. The van der Waals surface area contributed by atoms with Crippen molar-refractivity contribution in [3.63, 3.8) is 0 Å². The Balaban J connectivity index is 0.00000423. The maximum absolute atomic E-state index is 14.3. The Labute approximate surface area is 260 Å². The number of pyridine rings is 1. The third kappa shape index (κ3) is 7.00. The van der Waals surface area contributed by atoms with Crippen LogP contribution in [-0.2, 0) is 27.2 Å². The summed E-state index contributed by atoms with van der Waals surface area (Å²) in [6, 6.07) is 12.6. The minimum absolute atomic E-state index is 0. The van der Waals surface area contributed by atoms with E-state index >= 15 is 0 Å². The van der Waals surface area contributed by atoms with Gasteiger partial charge in [0, 0.05) is 40.0 Å². The van der Waals surface area contributed by atoms with E-state index in [1.165, 1.54) is 6.07 Å². The Bertz CT molecular complexity index is 1530. The zero-order valence-electron chi connectivity index (χ0n) is 23.1. The van der Waals surface area contributed by atoms with Crippen LogP contribution in [0.25, 0.3) is 0 Å². The number of hydrogen-bond acceptors (Lipinski definition) is 5. The van der Waals surface area contributed by atoms with Gasteiger partial charge in [-0.05, 0) is 48.2 Å². The highest BCUT2D eigenvalue weighted by Gasteiger charge is 2.49. The number of hydroxylamine groups is 1. The zero-order valence-corrected chi connectivity index (χ0v) is 25.4. The number of aromatic nitrogens is 1. The number of amides is 2. The summed E-state index contributed by atoms with van der Waals surface area (Å²) in [5, 5.41) is 12.7. The molecule has 230 valence electrons. The van der Waals surface area contributed by atoms with E-state index in [4.69, 9.17) is 28.0 Å². The van der Waals surface area contributed by atoms with E-state index in [-0.39, 0.29) is 34.7 Å². The average Bonchev–Trinajstić information content (AvgIpc) is 2.94. The second-order valence-electron chi connectivity index (χ2n) is 10.3. The fourth-order valence-corrected chi connectivity index (χ4v) is 7.13. The summed E-state index contributed by atoms with van der Waals surface area (Å²) < 4.78 is 29.0. The Kier molecular flexibility index (Phi) is 10.8. The molecule has 1 saturated carbocycles. The van der Waals surface area contributed by atoms with Crippen LogP contribution in [-0.4, -0.2) is 44.7 Å². The molecule has 1 aliphatic heterocycles. The molecule has 43 heavy (non-hydrogen) atoms. The molecule has 2 heterocycles. The van der Waals surface area contributed by atoms with Crippen LogP contribution in [0, 0.1) is 11.0 Å². The lowest BCUT2D eigenvalue weighted by molar-refractivity contribution is -0.618. The first-order chi connectivity index (χ1) is 20.2. The van der Waals surface area contributed by atoms with E-state index in [0.29, 0.717) is 39.3 Å². The summed E-state index contributed by atoms with van der Waals surface area (Å²) in [6.07, 6.45) is 5.38. The van der Waals surface area contributed by atoms with Gasteiger partial charge in [0.2, 0.25) is 11.9 Å². The molecule has 1 unspecified atom stereocenters. The minimum atomic E-state index is -1.33. The maximum Gasteiger partial charge on any atom is 0.255 e. The molecular weight excluding hydrogens is 622 g/mol. The molecular formula is C29H31Cl2FN4O6S. The third-order valence-electron chi connectivity index (χ3n) is 7.70. The summed E-state index contributed by atoms with van der Waals surface area (Å²) in [4.78, 5) is 35.4.